The van der Waals surface area contributed by atoms with Crippen molar-refractivity contribution in [2.45, 2.75) is 26.2 Å². The molecule has 0 bridgehead atoms. The molecule has 0 spiro atoms. The molecule has 1 rings (SSSR count). The van der Waals surface area contributed by atoms with Gasteiger partial charge in [-0.2, -0.15) is 5.26 Å². The lowest BCUT2D eigenvalue weighted by Crippen LogP contribution is -2.14. The zero-order valence-corrected chi connectivity index (χ0v) is 9.94. The third kappa shape index (κ3) is 2.37. The predicted octanol–water partition coefficient (Wildman–Crippen LogP) is 2.83. The van der Waals surface area contributed by atoms with Gasteiger partial charge in [0.05, 0.1) is 16.5 Å². The molecule has 16 heavy (non-hydrogen) atoms. The van der Waals surface area contributed by atoms with Crippen LogP contribution in [0.3, 0.4) is 0 Å². The lowest BCUT2D eigenvalue weighted by Gasteiger charge is -2.19. The van der Waals surface area contributed by atoms with Gasteiger partial charge in [0.1, 0.15) is 0 Å². The zero-order chi connectivity index (χ0) is 12.3. The standard InChI is InChI=1S/C12H15N2O2/c1-12(2,3)11-7-10(14(15)16-4)6-5-9(11)8-13/h5-7H,1-4H3/q+1. The first-order valence-corrected chi connectivity index (χ1v) is 4.96. The molecular weight excluding hydrogens is 204 g/mol. The van der Waals surface area contributed by atoms with Crippen LogP contribution in [0.2, 0.25) is 0 Å². The minimum absolute atomic E-state index is 0.185. The van der Waals surface area contributed by atoms with Crippen LogP contribution in [0.15, 0.2) is 18.2 Å². The molecule has 0 amide bonds. The Bertz CT molecular complexity index is 453. The number of benzene rings is 1. The number of hydrogen-bond acceptors (Lipinski definition) is 3. The van der Waals surface area contributed by atoms with E-state index < -0.39 is 0 Å². The van der Waals surface area contributed by atoms with Crippen molar-refractivity contribution < 1.29 is 9.76 Å². The molecule has 0 saturated carbocycles. The van der Waals surface area contributed by atoms with Crippen molar-refractivity contribution >= 4 is 5.69 Å². The fourth-order valence-corrected chi connectivity index (χ4v) is 1.47. The number of nitriles is 1. The molecule has 0 aromatic heterocycles. The highest BCUT2D eigenvalue weighted by atomic mass is 16.8. The van der Waals surface area contributed by atoms with E-state index in [-0.39, 0.29) is 5.41 Å². The molecular formula is C12H15N2O2+. The van der Waals surface area contributed by atoms with Crippen molar-refractivity contribution in [2.24, 2.45) is 0 Å². The maximum absolute atomic E-state index is 11.3. The van der Waals surface area contributed by atoms with Gasteiger partial charge < -0.3 is 0 Å². The van der Waals surface area contributed by atoms with Gasteiger partial charge in [0, 0.05) is 12.1 Å². The van der Waals surface area contributed by atoms with E-state index in [4.69, 9.17) is 5.26 Å². The molecule has 0 aliphatic carbocycles. The summed E-state index contributed by atoms with van der Waals surface area (Å²) in [6, 6.07) is 7.03. The number of hydrogen-bond donors (Lipinski definition) is 0. The molecule has 1 aromatic rings. The normalized spacial score (nSPS) is 10.7. The molecule has 0 radical (unpaired) electrons. The summed E-state index contributed by atoms with van der Waals surface area (Å²) in [5.41, 5.74) is 1.63. The predicted molar refractivity (Wildman–Crippen MR) is 60.2 cm³/mol. The van der Waals surface area contributed by atoms with Gasteiger partial charge in [-0.25, -0.2) is 4.84 Å². The lowest BCUT2D eigenvalue weighted by atomic mass is 9.84. The van der Waals surface area contributed by atoms with Gasteiger partial charge >= 0.3 is 5.69 Å². The molecule has 0 aliphatic rings. The van der Waals surface area contributed by atoms with Gasteiger partial charge in [-0.05, 0) is 17.0 Å². The maximum atomic E-state index is 11.3. The highest BCUT2D eigenvalue weighted by Crippen LogP contribution is 2.29. The molecule has 0 N–H and O–H groups in total. The van der Waals surface area contributed by atoms with E-state index in [2.05, 4.69) is 10.9 Å². The van der Waals surface area contributed by atoms with Crippen LogP contribution in [0.25, 0.3) is 0 Å². The fourth-order valence-electron chi connectivity index (χ4n) is 1.47. The fraction of sp³-hybridized carbons (Fsp3) is 0.417. The monoisotopic (exact) mass is 219 g/mol. The quantitative estimate of drug-likeness (QED) is 0.718. The molecule has 0 atom stereocenters. The minimum atomic E-state index is -0.185. The molecule has 0 fully saturated rings. The van der Waals surface area contributed by atoms with Gasteiger partial charge in [-0.3, -0.25) is 0 Å². The van der Waals surface area contributed by atoms with Crippen LogP contribution in [-0.4, -0.2) is 12.0 Å². The van der Waals surface area contributed by atoms with E-state index in [0.717, 1.165) is 5.56 Å². The summed E-state index contributed by atoms with van der Waals surface area (Å²) in [6.45, 7) is 5.98. The van der Waals surface area contributed by atoms with E-state index in [1.165, 1.54) is 7.11 Å². The molecule has 0 unspecified atom stereocenters. The van der Waals surface area contributed by atoms with Gasteiger partial charge in [0.15, 0.2) is 7.11 Å². The Hall–Kier alpha value is -1.89. The van der Waals surface area contributed by atoms with Crippen molar-refractivity contribution in [1.29, 1.82) is 5.26 Å². The van der Waals surface area contributed by atoms with Gasteiger partial charge in [0.25, 0.3) is 4.92 Å². The smallest absolute Gasteiger partial charge is 0.230 e. The molecule has 0 heterocycles. The summed E-state index contributed by atoms with van der Waals surface area (Å²) in [7, 11) is 1.31. The highest BCUT2D eigenvalue weighted by molar-refractivity contribution is 5.48. The van der Waals surface area contributed by atoms with Crippen molar-refractivity contribution in [2.75, 3.05) is 7.11 Å². The van der Waals surface area contributed by atoms with Crippen LogP contribution in [0.5, 0.6) is 0 Å². The number of rotatable bonds is 2. The summed E-state index contributed by atoms with van der Waals surface area (Å²) in [4.78, 5) is 16.3. The first-order chi connectivity index (χ1) is 7.40. The third-order valence-electron chi connectivity index (χ3n) is 2.31. The summed E-state index contributed by atoms with van der Waals surface area (Å²) < 4.78 is 0. The van der Waals surface area contributed by atoms with Gasteiger partial charge in [0.2, 0.25) is 0 Å². The van der Waals surface area contributed by atoms with Crippen molar-refractivity contribution in [3.05, 3.63) is 34.2 Å². The Morgan fingerprint density at radius 2 is 2.00 bits per heavy atom. The number of nitrogens with zero attached hydrogens (tertiary/aromatic N) is 2. The Balaban J connectivity index is 3.34. The van der Waals surface area contributed by atoms with E-state index in [1.54, 1.807) is 18.2 Å². The maximum Gasteiger partial charge on any atom is 0.317 e. The molecule has 84 valence electrons. The Labute approximate surface area is 95.0 Å². The Kier molecular flexibility index (Phi) is 3.28. The summed E-state index contributed by atoms with van der Waals surface area (Å²) in [5, 5.41) is 9.00. The Morgan fingerprint density at radius 1 is 1.38 bits per heavy atom. The van der Waals surface area contributed by atoms with Crippen LogP contribution in [0.1, 0.15) is 31.9 Å². The van der Waals surface area contributed by atoms with Crippen molar-refractivity contribution in [3.63, 3.8) is 0 Å². The summed E-state index contributed by atoms with van der Waals surface area (Å²) in [5.74, 6) is 0. The van der Waals surface area contributed by atoms with Crippen LogP contribution in [0.4, 0.5) is 5.69 Å². The highest BCUT2D eigenvalue weighted by Gasteiger charge is 2.23. The van der Waals surface area contributed by atoms with Crippen LogP contribution in [-0.2, 0) is 10.3 Å². The Morgan fingerprint density at radius 3 is 2.44 bits per heavy atom. The topological polar surface area (TPSA) is 53.1 Å². The molecule has 1 aromatic carbocycles. The van der Waals surface area contributed by atoms with Gasteiger partial charge in [-0.1, -0.05) is 20.8 Å². The molecule has 4 heteroatoms. The first-order valence-electron chi connectivity index (χ1n) is 4.96. The van der Waals surface area contributed by atoms with Gasteiger partial charge in [-0.15, -0.1) is 0 Å². The first kappa shape index (κ1) is 12.2. The lowest BCUT2D eigenvalue weighted by molar-refractivity contribution is -0.736. The van der Waals surface area contributed by atoms with E-state index in [9.17, 15) is 4.91 Å². The SMILES string of the molecule is CO[N+](=O)c1ccc(C#N)c(C(C)(C)C)c1. The average molecular weight is 219 g/mol. The largest absolute Gasteiger partial charge is 0.317 e. The zero-order valence-electron chi connectivity index (χ0n) is 9.94. The van der Waals surface area contributed by atoms with Crippen LogP contribution < -0.4 is 0 Å². The average Bonchev–Trinajstić information content (AvgIpc) is 2.26. The van der Waals surface area contributed by atoms with Crippen molar-refractivity contribution in [1.82, 2.24) is 0 Å². The van der Waals surface area contributed by atoms with E-state index >= 15 is 0 Å². The third-order valence-corrected chi connectivity index (χ3v) is 2.31. The second-order valence-electron chi connectivity index (χ2n) is 4.53. The van der Waals surface area contributed by atoms with E-state index in [1.807, 2.05) is 20.8 Å². The van der Waals surface area contributed by atoms with Crippen LogP contribution in [0, 0.1) is 16.2 Å². The van der Waals surface area contributed by atoms with Crippen LogP contribution >= 0.6 is 0 Å². The molecule has 0 saturated heterocycles. The molecule has 4 nitrogen and oxygen atoms in total. The molecule has 0 aliphatic heterocycles. The summed E-state index contributed by atoms with van der Waals surface area (Å²) >= 11 is 0. The second-order valence-corrected chi connectivity index (χ2v) is 4.53. The summed E-state index contributed by atoms with van der Waals surface area (Å²) in [6.07, 6.45) is 0. The van der Waals surface area contributed by atoms with Crippen molar-refractivity contribution in [3.8, 4) is 6.07 Å². The second kappa shape index (κ2) is 4.31. The minimum Gasteiger partial charge on any atom is -0.230 e. The van der Waals surface area contributed by atoms with E-state index in [0.29, 0.717) is 16.2 Å².